The Morgan fingerprint density at radius 3 is 2.70 bits per heavy atom. The van der Waals surface area contributed by atoms with E-state index in [4.69, 9.17) is 9.47 Å². The molecule has 2 aliphatic rings. The van der Waals surface area contributed by atoms with Gasteiger partial charge >= 0.3 is 0 Å². The number of amides is 2. The van der Waals surface area contributed by atoms with Crippen LogP contribution in [-0.2, 0) is 21.4 Å². The Kier molecular flexibility index (Phi) is 4.23. The molecular weight excluding hydrogens is 372 g/mol. The number of sulfonamides is 1. The van der Waals surface area contributed by atoms with Gasteiger partial charge in [-0.05, 0) is 35.9 Å². The van der Waals surface area contributed by atoms with Crippen molar-refractivity contribution in [1.29, 1.82) is 0 Å². The Morgan fingerprint density at radius 1 is 1.11 bits per heavy atom. The molecule has 2 aromatic carbocycles. The average molecular weight is 388 g/mol. The van der Waals surface area contributed by atoms with Gasteiger partial charge < -0.3 is 14.8 Å². The van der Waals surface area contributed by atoms with Crippen molar-refractivity contribution < 1.29 is 27.5 Å². The van der Waals surface area contributed by atoms with E-state index in [9.17, 15) is 18.0 Å². The molecule has 2 amide bonds. The van der Waals surface area contributed by atoms with E-state index in [-0.39, 0.29) is 42.7 Å². The lowest BCUT2D eigenvalue weighted by Crippen LogP contribution is -2.30. The molecule has 8 nitrogen and oxygen atoms in total. The SMILES string of the molecule is O=C(NCc1ccc2c(c1)OCO2)c1cccc(N2C(=O)CCS2(=O)=O)c1. The molecule has 4 rings (SSSR count). The number of carbonyl (C=O) groups is 2. The smallest absolute Gasteiger partial charge is 0.251 e. The first kappa shape index (κ1) is 17.3. The minimum absolute atomic E-state index is 0.0527. The summed E-state index contributed by atoms with van der Waals surface area (Å²) >= 11 is 0. The van der Waals surface area contributed by atoms with Gasteiger partial charge in [-0.2, -0.15) is 0 Å². The van der Waals surface area contributed by atoms with Gasteiger partial charge in [0.2, 0.25) is 22.7 Å². The number of fused-ring (bicyclic) bond motifs is 1. The highest BCUT2D eigenvalue weighted by Gasteiger charge is 2.36. The van der Waals surface area contributed by atoms with Gasteiger partial charge in [-0.25, -0.2) is 12.7 Å². The van der Waals surface area contributed by atoms with Crippen molar-refractivity contribution in [3.05, 3.63) is 53.6 Å². The predicted octanol–water partition coefficient (Wildman–Crippen LogP) is 1.41. The molecule has 9 heteroatoms. The highest BCUT2D eigenvalue weighted by Crippen LogP contribution is 2.32. The molecule has 2 aromatic rings. The van der Waals surface area contributed by atoms with Crippen LogP contribution in [0.3, 0.4) is 0 Å². The summed E-state index contributed by atoms with van der Waals surface area (Å²) < 4.78 is 35.4. The molecule has 0 radical (unpaired) electrons. The molecule has 2 aliphatic heterocycles. The van der Waals surface area contributed by atoms with Crippen molar-refractivity contribution in [1.82, 2.24) is 5.32 Å². The van der Waals surface area contributed by atoms with E-state index in [0.717, 1.165) is 9.87 Å². The molecule has 1 saturated heterocycles. The van der Waals surface area contributed by atoms with E-state index in [0.29, 0.717) is 11.5 Å². The largest absolute Gasteiger partial charge is 0.454 e. The van der Waals surface area contributed by atoms with Crippen LogP contribution in [0.1, 0.15) is 22.3 Å². The third kappa shape index (κ3) is 3.33. The van der Waals surface area contributed by atoms with Crippen LogP contribution in [0.25, 0.3) is 0 Å². The zero-order valence-electron chi connectivity index (χ0n) is 14.2. The molecule has 27 heavy (non-hydrogen) atoms. The summed E-state index contributed by atoms with van der Waals surface area (Å²) in [4.78, 5) is 24.3. The maximum absolute atomic E-state index is 12.4. The van der Waals surface area contributed by atoms with Crippen molar-refractivity contribution >= 4 is 27.5 Å². The van der Waals surface area contributed by atoms with Gasteiger partial charge in [0.1, 0.15) is 0 Å². The summed E-state index contributed by atoms with van der Waals surface area (Å²) in [5, 5.41) is 2.77. The molecule has 0 spiro atoms. The molecule has 1 N–H and O–H groups in total. The van der Waals surface area contributed by atoms with E-state index in [2.05, 4.69) is 5.32 Å². The van der Waals surface area contributed by atoms with E-state index in [1.165, 1.54) is 12.1 Å². The second kappa shape index (κ2) is 6.58. The fraction of sp³-hybridized carbons (Fsp3) is 0.222. The van der Waals surface area contributed by atoms with Gasteiger partial charge in [0.15, 0.2) is 11.5 Å². The second-order valence-electron chi connectivity index (χ2n) is 6.14. The third-order valence-electron chi connectivity index (χ3n) is 4.31. The second-order valence-corrected chi connectivity index (χ2v) is 8.08. The number of rotatable bonds is 4. The fourth-order valence-corrected chi connectivity index (χ4v) is 4.43. The number of benzene rings is 2. The lowest BCUT2D eigenvalue weighted by molar-refractivity contribution is -0.116. The summed E-state index contributed by atoms with van der Waals surface area (Å²) in [5.41, 5.74) is 1.28. The molecule has 2 heterocycles. The van der Waals surface area contributed by atoms with Gasteiger partial charge in [-0.1, -0.05) is 12.1 Å². The Balaban J connectivity index is 1.49. The predicted molar refractivity (Wildman–Crippen MR) is 96.1 cm³/mol. The normalized spacial score (nSPS) is 17.2. The van der Waals surface area contributed by atoms with Crippen molar-refractivity contribution in [3.8, 4) is 11.5 Å². The zero-order valence-corrected chi connectivity index (χ0v) is 15.0. The van der Waals surface area contributed by atoms with Crippen LogP contribution in [0.2, 0.25) is 0 Å². The van der Waals surface area contributed by atoms with E-state index >= 15 is 0 Å². The topological polar surface area (TPSA) is 102 Å². The maximum Gasteiger partial charge on any atom is 0.251 e. The summed E-state index contributed by atoms with van der Waals surface area (Å²) in [6.45, 7) is 0.441. The van der Waals surface area contributed by atoms with Crippen molar-refractivity contribution in [3.63, 3.8) is 0 Å². The van der Waals surface area contributed by atoms with Gasteiger partial charge in [0.25, 0.3) is 5.91 Å². The minimum atomic E-state index is -3.67. The van der Waals surface area contributed by atoms with Gasteiger partial charge in [-0.3, -0.25) is 9.59 Å². The zero-order chi connectivity index (χ0) is 19.0. The van der Waals surface area contributed by atoms with Crippen LogP contribution in [0, 0.1) is 0 Å². The number of nitrogens with zero attached hydrogens (tertiary/aromatic N) is 1. The molecular formula is C18H16N2O6S. The molecule has 0 saturated carbocycles. The van der Waals surface area contributed by atoms with Crippen LogP contribution >= 0.6 is 0 Å². The summed E-state index contributed by atoms with van der Waals surface area (Å²) in [5.74, 6) is 0.203. The standard InChI is InChI=1S/C18H16N2O6S/c21-17-6-7-27(23,24)20(17)14-3-1-2-13(9-14)18(22)19-10-12-4-5-15-16(8-12)26-11-25-15/h1-5,8-9H,6-7,10-11H2,(H,19,22). The van der Waals surface area contributed by atoms with Crippen molar-refractivity contribution in [2.24, 2.45) is 0 Å². The van der Waals surface area contributed by atoms with Crippen LogP contribution in [0.4, 0.5) is 5.69 Å². The highest BCUT2D eigenvalue weighted by molar-refractivity contribution is 7.94. The third-order valence-corrected chi connectivity index (χ3v) is 6.00. The molecule has 1 fully saturated rings. The summed E-state index contributed by atoms with van der Waals surface area (Å²) in [6, 6.07) is 11.4. The van der Waals surface area contributed by atoms with Gasteiger partial charge in [0.05, 0.1) is 11.4 Å². The van der Waals surface area contributed by atoms with E-state index < -0.39 is 15.9 Å². The van der Waals surface area contributed by atoms with E-state index in [1.54, 1.807) is 24.3 Å². The summed E-state index contributed by atoms with van der Waals surface area (Å²) in [7, 11) is -3.67. The fourth-order valence-electron chi connectivity index (χ4n) is 2.98. The molecule has 0 unspecified atom stereocenters. The summed E-state index contributed by atoms with van der Waals surface area (Å²) in [6.07, 6.45) is -0.0527. The lowest BCUT2D eigenvalue weighted by atomic mass is 10.1. The Morgan fingerprint density at radius 2 is 1.93 bits per heavy atom. The number of carbonyl (C=O) groups excluding carboxylic acids is 2. The Hall–Kier alpha value is -3.07. The average Bonchev–Trinajstić information content (AvgIpc) is 3.22. The minimum Gasteiger partial charge on any atom is -0.454 e. The molecule has 0 aromatic heterocycles. The number of hydrogen-bond acceptors (Lipinski definition) is 6. The number of hydrogen-bond donors (Lipinski definition) is 1. The first-order chi connectivity index (χ1) is 12.9. The maximum atomic E-state index is 12.4. The van der Waals surface area contributed by atoms with Crippen LogP contribution in [0.15, 0.2) is 42.5 Å². The van der Waals surface area contributed by atoms with Gasteiger partial charge in [-0.15, -0.1) is 0 Å². The quantitative estimate of drug-likeness (QED) is 0.850. The first-order valence-corrected chi connectivity index (χ1v) is 9.87. The molecule has 0 atom stereocenters. The lowest BCUT2D eigenvalue weighted by Gasteiger charge is -2.15. The van der Waals surface area contributed by atoms with Crippen LogP contribution in [-0.4, -0.2) is 32.8 Å². The highest BCUT2D eigenvalue weighted by atomic mass is 32.2. The number of ether oxygens (including phenoxy) is 2. The van der Waals surface area contributed by atoms with Gasteiger partial charge in [0, 0.05) is 18.5 Å². The Bertz CT molecular complexity index is 1030. The molecule has 0 aliphatic carbocycles. The van der Waals surface area contributed by atoms with Crippen LogP contribution < -0.4 is 19.1 Å². The number of anilines is 1. The number of nitrogens with one attached hydrogen (secondary N) is 1. The van der Waals surface area contributed by atoms with E-state index in [1.807, 2.05) is 6.07 Å². The monoisotopic (exact) mass is 388 g/mol. The molecule has 140 valence electrons. The Labute approximate surface area is 155 Å². The first-order valence-electron chi connectivity index (χ1n) is 8.27. The van der Waals surface area contributed by atoms with Crippen molar-refractivity contribution in [2.75, 3.05) is 16.9 Å². The van der Waals surface area contributed by atoms with Crippen LogP contribution in [0.5, 0.6) is 11.5 Å². The van der Waals surface area contributed by atoms with Crippen molar-refractivity contribution in [2.45, 2.75) is 13.0 Å². The molecule has 0 bridgehead atoms.